The number of aliphatic imine (C=N–C) groups is 1. The molecule has 2 aromatic rings. The van der Waals surface area contributed by atoms with E-state index in [0.717, 1.165) is 11.8 Å². The zero-order valence-corrected chi connectivity index (χ0v) is 16.6. The Morgan fingerprint density at radius 3 is 2.83 bits per heavy atom. The van der Waals surface area contributed by atoms with E-state index in [9.17, 15) is 18.7 Å². The first-order valence-electron chi connectivity index (χ1n) is 9.01. The third-order valence-electron chi connectivity index (χ3n) is 5.55. The molecule has 1 fully saturated rings. The highest BCUT2D eigenvalue weighted by atomic mass is 32.2. The number of pyridine rings is 1. The number of carboxylic acids is 1. The fourth-order valence-corrected chi connectivity index (χ4v) is 5.21. The van der Waals surface area contributed by atoms with Crippen LogP contribution in [0.2, 0.25) is 0 Å². The quantitative estimate of drug-likeness (QED) is 0.771. The Morgan fingerprint density at radius 1 is 1.43 bits per heavy atom. The number of benzene rings is 1. The topological polar surface area (TPSA) is 112 Å². The number of nitrogens with two attached hydrogens (primary N) is 1. The first kappa shape index (κ1) is 20.0. The van der Waals surface area contributed by atoms with Crippen molar-refractivity contribution in [2.75, 3.05) is 0 Å². The van der Waals surface area contributed by atoms with Crippen LogP contribution in [0.4, 0.5) is 8.78 Å². The number of thioether (sulfide) groups is 1. The monoisotopic (exact) mass is 426 g/mol. The number of rotatable bonds is 4. The minimum absolute atomic E-state index is 0.0366. The molecule has 152 valence electrons. The maximum absolute atomic E-state index is 14.8. The van der Waals surface area contributed by atoms with E-state index in [1.165, 1.54) is 42.6 Å². The normalized spacial score (nSPS) is 27.6. The lowest BCUT2D eigenvalue weighted by Gasteiger charge is -2.33. The van der Waals surface area contributed by atoms with E-state index in [1.54, 1.807) is 6.92 Å². The van der Waals surface area contributed by atoms with Gasteiger partial charge >= 0.3 is 5.97 Å². The Hall–Kier alpha value is -3.25. The summed E-state index contributed by atoms with van der Waals surface area (Å²) < 4.78 is 28.3. The molecule has 1 aromatic carbocycles. The van der Waals surface area contributed by atoms with Gasteiger partial charge in [0.15, 0.2) is 5.17 Å². The number of carbonyl (C=O) groups is 1. The van der Waals surface area contributed by atoms with E-state index in [0.29, 0.717) is 17.5 Å². The van der Waals surface area contributed by atoms with Gasteiger partial charge < -0.3 is 10.8 Å². The van der Waals surface area contributed by atoms with Crippen LogP contribution in [-0.4, -0.2) is 26.0 Å². The van der Waals surface area contributed by atoms with Crippen molar-refractivity contribution in [1.29, 1.82) is 5.26 Å². The van der Waals surface area contributed by atoms with Crippen LogP contribution in [0, 0.1) is 23.1 Å². The van der Waals surface area contributed by atoms with Crippen LogP contribution in [-0.2, 0) is 10.3 Å². The molecule has 0 bridgehead atoms. The molecule has 30 heavy (non-hydrogen) atoms. The summed E-state index contributed by atoms with van der Waals surface area (Å²) in [6.07, 6.45) is 2.77. The molecular weight excluding hydrogens is 410 g/mol. The summed E-state index contributed by atoms with van der Waals surface area (Å²) in [5, 5.41) is 18.5. The third-order valence-corrected chi connectivity index (χ3v) is 6.84. The van der Waals surface area contributed by atoms with Gasteiger partial charge in [-0.15, -0.1) is 0 Å². The lowest BCUT2D eigenvalue weighted by Crippen LogP contribution is -2.39. The van der Waals surface area contributed by atoms with E-state index in [2.05, 4.69) is 9.98 Å². The predicted molar refractivity (Wildman–Crippen MR) is 109 cm³/mol. The lowest BCUT2D eigenvalue weighted by molar-refractivity contribution is -0.137. The van der Waals surface area contributed by atoms with Crippen LogP contribution in [0.5, 0.6) is 0 Å². The number of carboxylic acid groups (broad SMARTS) is 1. The average molecular weight is 426 g/mol. The van der Waals surface area contributed by atoms with Crippen molar-refractivity contribution >= 4 is 34.8 Å². The molecule has 1 aliphatic heterocycles. The van der Waals surface area contributed by atoms with Crippen molar-refractivity contribution < 1.29 is 18.7 Å². The number of hydrogen-bond acceptors (Lipinski definition) is 6. The van der Waals surface area contributed by atoms with Crippen LogP contribution in [0.3, 0.4) is 0 Å². The second-order valence-corrected chi connectivity index (χ2v) is 8.78. The van der Waals surface area contributed by atoms with Crippen molar-refractivity contribution in [3.63, 3.8) is 0 Å². The average Bonchev–Trinajstić information content (AvgIpc) is 3.46. The molecule has 4 rings (SSSR count). The summed E-state index contributed by atoms with van der Waals surface area (Å²) in [6.45, 7) is 1.65. The molecule has 1 aliphatic carbocycles. The molecule has 1 saturated carbocycles. The zero-order chi connectivity index (χ0) is 21.7. The first-order valence-corrected chi connectivity index (χ1v) is 9.83. The second kappa shape index (κ2) is 6.92. The summed E-state index contributed by atoms with van der Waals surface area (Å²) in [7, 11) is 0. The van der Waals surface area contributed by atoms with Crippen molar-refractivity contribution in [2.45, 2.75) is 23.6 Å². The molecule has 2 aliphatic rings. The molecule has 3 atom stereocenters. The fraction of sp³-hybridized carbons (Fsp3) is 0.238. The summed E-state index contributed by atoms with van der Waals surface area (Å²) in [5.74, 6) is -2.66. The number of aliphatic carboxylic acids is 1. The minimum Gasteiger partial charge on any atom is -0.480 e. The van der Waals surface area contributed by atoms with E-state index < -0.39 is 33.8 Å². The van der Waals surface area contributed by atoms with Gasteiger partial charge in [-0.05, 0) is 49.2 Å². The van der Waals surface area contributed by atoms with Gasteiger partial charge in [-0.2, -0.15) is 5.26 Å². The fourth-order valence-electron chi connectivity index (χ4n) is 3.90. The van der Waals surface area contributed by atoms with Gasteiger partial charge in [-0.1, -0.05) is 17.8 Å². The number of nitriles is 1. The Bertz CT molecular complexity index is 1160. The molecule has 2 heterocycles. The zero-order valence-electron chi connectivity index (χ0n) is 15.8. The van der Waals surface area contributed by atoms with Crippen molar-refractivity contribution in [3.8, 4) is 6.07 Å². The maximum Gasteiger partial charge on any atom is 0.320 e. The van der Waals surface area contributed by atoms with Gasteiger partial charge in [-0.3, -0.25) is 14.8 Å². The van der Waals surface area contributed by atoms with Crippen molar-refractivity contribution in [1.82, 2.24) is 4.98 Å². The van der Waals surface area contributed by atoms with Gasteiger partial charge in [0.2, 0.25) is 0 Å². The molecule has 6 nitrogen and oxygen atoms in total. The van der Waals surface area contributed by atoms with Crippen LogP contribution < -0.4 is 5.73 Å². The highest BCUT2D eigenvalue weighted by Gasteiger charge is 2.71. The van der Waals surface area contributed by atoms with Gasteiger partial charge in [-0.25, -0.2) is 8.78 Å². The van der Waals surface area contributed by atoms with Gasteiger partial charge in [0, 0.05) is 17.7 Å². The second-order valence-electron chi connectivity index (χ2n) is 7.43. The number of fused-ring (bicyclic) bond motifs is 1. The highest BCUT2D eigenvalue weighted by Crippen LogP contribution is 2.66. The van der Waals surface area contributed by atoms with Gasteiger partial charge in [0.25, 0.3) is 0 Å². The van der Waals surface area contributed by atoms with Crippen molar-refractivity contribution in [3.05, 3.63) is 64.7 Å². The van der Waals surface area contributed by atoms with E-state index >= 15 is 0 Å². The molecule has 0 spiro atoms. The summed E-state index contributed by atoms with van der Waals surface area (Å²) >= 11 is 0.991. The summed E-state index contributed by atoms with van der Waals surface area (Å²) in [5.41, 5.74) is 5.57. The Labute approximate surface area is 175 Å². The molecule has 0 saturated heterocycles. The Morgan fingerprint density at radius 2 is 2.20 bits per heavy atom. The number of halogens is 2. The number of nitrogens with zero attached hydrogens (tertiary/aromatic N) is 3. The molecule has 1 aromatic heterocycles. The maximum atomic E-state index is 14.8. The number of amidine groups is 1. The van der Waals surface area contributed by atoms with Crippen LogP contribution in [0.25, 0.3) is 11.9 Å². The lowest BCUT2D eigenvalue weighted by atomic mass is 9.85. The van der Waals surface area contributed by atoms with E-state index in [1.807, 2.05) is 6.07 Å². The summed E-state index contributed by atoms with van der Waals surface area (Å²) in [4.78, 5) is 20.1. The third kappa shape index (κ3) is 3.13. The number of aromatic nitrogens is 1. The smallest absolute Gasteiger partial charge is 0.320 e. The number of hydrogen-bond donors (Lipinski definition) is 2. The van der Waals surface area contributed by atoms with Crippen molar-refractivity contribution in [2.24, 2.45) is 16.6 Å². The molecule has 3 N–H and O–H groups in total. The van der Waals surface area contributed by atoms with Crippen LogP contribution in [0.1, 0.15) is 35.7 Å². The first-order chi connectivity index (χ1) is 14.2. The Kier molecular flexibility index (Phi) is 4.62. The molecule has 0 amide bonds. The van der Waals surface area contributed by atoms with E-state index in [4.69, 9.17) is 11.0 Å². The van der Waals surface area contributed by atoms with Crippen LogP contribution in [0.15, 0.2) is 41.5 Å². The van der Waals surface area contributed by atoms with Gasteiger partial charge in [0.05, 0.1) is 16.8 Å². The predicted octanol–water partition coefficient (Wildman–Crippen LogP) is 3.68. The molecular formula is C21H16F2N4O2S. The van der Waals surface area contributed by atoms with Crippen LogP contribution >= 0.6 is 11.8 Å². The minimum atomic E-state index is -1.18. The Balaban J connectivity index is 1.73. The largest absolute Gasteiger partial charge is 0.480 e. The molecule has 9 heteroatoms. The summed E-state index contributed by atoms with van der Waals surface area (Å²) in [6, 6.07) is 8.80. The van der Waals surface area contributed by atoms with Gasteiger partial charge in [0.1, 0.15) is 22.5 Å². The highest BCUT2D eigenvalue weighted by molar-refractivity contribution is 8.15. The standard InChI is InChI=1S/C21H16F2N4O2S/c1-20(17-8-21(17,18(28)29)30-19(25)27-20)13-6-11(2-4-14(13)22)7-15(23)16-5-3-12(9-24)10-26-16/h2-7,10,17H,8H2,1H3,(H2,25,27)(H,28,29)/b15-7-/t17-,20+,21-/m0/s1. The van der Waals surface area contributed by atoms with E-state index in [-0.39, 0.29) is 16.4 Å². The molecule has 0 radical (unpaired) electrons. The molecule has 0 unspecified atom stereocenters. The SMILES string of the molecule is C[C@]1(c2cc(/C=C(\F)c3ccc(C#N)cn3)ccc2F)N=C(N)S[C@@]2(C(=O)O)C[C@H]21.